The van der Waals surface area contributed by atoms with Gasteiger partial charge in [-0.3, -0.25) is 9.59 Å². The molecule has 0 aliphatic carbocycles. The third kappa shape index (κ3) is 17.2. The first-order valence-corrected chi connectivity index (χ1v) is 19.0. The van der Waals surface area contributed by atoms with E-state index in [4.69, 9.17) is 25.2 Å². The highest BCUT2D eigenvalue weighted by molar-refractivity contribution is 8.00. The van der Waals surface area contributed by atoms with E-state index in [0.29, 0.717) is 18.1 Å². The Morgan fingerprint density at radius 3 is 1.73 bits per heavy atom. The number of rotatable bonds is 18. The average molecular weight is 823 g/mol. The van der Waals surface area contributed by atoms with E-state index in [-0.39, 0.29) is 50.9 Å². The van der Waals surface area contributed by atoms with E-state index in [0.717, 1.165) is 7.11 Å². The van der Waals surface area contributed by atoms with Gasteiger partial charge >= 0.3 is 12.3 Å². The Morgan fingerprint density at radius 1 is 0.821 bits per heavy atom. The Hall–Kier alpha value is -4.40. The van der Waals surface area contributed by atoms with E-state index in [1.165, 1.54) is 16.7 Å². The molecule has 0 saturated carbocycles. The average Bonchev–Trinajstić information content (AvgIpc) is 3.22. The summed E-state index contributed by atoms with van der Waals surface area (Å²) in [5.41, 5.74) is 3.70. The van der Waals surface area contributed by atoms with Crippen molar-refractivity contribution in [2.75, 3.05) is 71.3 Å². The zero-order valence-electron chi connectivity index (χ0n) is 30.8. The number of thioether (sulfide) groups is 1. The van der Waals surface area contributed by atoms with Gasteiger partial charge in [-0.1, -0.05) is 91.0 Å². The number of amides is 2. The lowest BCUT2D eigenvalue weighted by molar-refractivity contribution is -0.133. The van der Waals surface area contributed by atoms with Gasteiger partial charge in [0.15, 0.2) is 12.6 Å². The molecule has 18 heteroatoms. The van der Waals surface area contributed by atoms with Crippen LogP contribution in [-0.2, 0) is 38.0 Å². The molecule has 308 valence electrons. The van der Waals surface area contributed by atoms with Crippen molar-refractivity contribution < 1.29 is 68.4 Å². The molecule has 7 N–H and O–H groups in total. The van der Waals surface area contributed by atoms with Gasteiger partial charge in [-0.25, -0.2) is 9.59 Å². The number of benzene rings is 3. The van der Waals surface area contributed by atoms with Gasteiger partial charge in [-0.15, -0.1) is 11.8 Å². The Labute approximate surface area is 334 Å². The van der Waals surface area contributed by atoms with Crippen LogP contribution in [-0.4, -0.2) is 134 Å². The Bertz CT molecular complexity index is 1450. The van der Waals surface area contributed by atoms with Crippen LogP contribution in [0.4, 0.5) is 9.59 Å². The van der Waals surface area contributed by atoms with E-state index in [9.17, 15) is 24.3 Å². The molecule has 1 saturated heterocycles. The van der Waals surface area contributed by atoms with Crippen LogP contribution in [0.1, 0.15) is 16.7 Å². The van der Waals surface area contributed by atoms with Crippen molar-refractivity contribution in [2.45, 2.75) is 17.3 Å². The molecule has 1 aliphatic heterocycles. The minimum absolute atomic E-state index is 0.0188. The van der Waals surface area contributed by atoms with Crippen LogP contribution in [0.2, 0.25) is 0 Å². The number of carbonyl (C=O) groups excluding carboxylic acids is 4. The van der Waals surface area contributed by atoms with Crippen LogP contribution in [0.3, 0.4) is 0 Å². The first kappa shape index (κ1) is 47.8. The van der Waals surface area contributed by atoms with Gasteiger partial charge in [0, 0.05) is 11.5 Å². The van der Waals surface area contributed by atoms with Crippen molar-refractivity contribution in [3.63, 3.8) is 0 Å². The van der Waals surface area contributed by atoms with E-state index in [2.05, 4.69) is 115 Å². The van der Waals surface area contributed by atoms with Gasteiger partial charge < -0.3 is 59.9 Å². The molecule has 56 heavy (non-hydrogen) atoms. The monoisotopic (exact) mass is 822 g/mol. The molecule has 3 aromatic carbocycles. The molecule has 1 unspecified atom stereocenters. The van der Waals surface area contributed by atoms with Gasteiger partial charge in [0.1, 0.15) is 25.7 Å². The lowest BCUT2D eigenvalue weighted by atomic mass is 9.84. The molecule has 0 aromatic heterocycles. The van der Waals surface area contributed by atoms with Crippen molar-refractivity contribution in [3.05, 3.63) is 108 Å². The molecule has 0 radical (unpaired) electrons. The summed E-state index contributed by atoms with van der Waals surface area (Å²) < 4.78 is 22.7. The SMILES string of the molecule is COC(=O)OCC(COCCS)C(=O)NCC(O)O.O=C1OCC(C(=O)NCC(O)O)CO1.OCCSC(c1ccccc1)(c1ccccc1)c1ccccc1. The summed E-state index contributed by atoms with van der Waals surface area (Å²) in [6.45, 7) is -0.383. The fourth-order valence-electron chi connectivity index (χ4n) is 4.94. The van der Waals surface area contributed by atoms with Crippen molar-refractivity contribution in [2.24, 2.45) is 11.8 Å². The maximum absolute atomic E-state index is 11.7. The number of ether oxygens (including phenoxy) is 5. The summed E-state index contributed by atoms with van der Waals surface area (Å²) >= 11 is 5.72. The van der Waals surface area contributed by atoms with E-state index >= 15 is 0 Å². The number of cyclic esters (lactones) is 2. The van der Waals surface area contributed by atoms with Gasteiger partial charge in [0.05, 0.1) is 50.7 Å². The quantitative estimate of drug-likeness (QED) is 0.0299. The third-order valence-electron chi connectivity index (χ3n) is 7.54. The Kier molecular flexibility index (Phi) is 23.2. The molecule has 1 atom stereocenters. The summed E-state index contributed by atoms with van der Waals surface area (Å²) in [5, 5.41) is 48.2. The molecule has 16 nitrogen and oxygen atoms in total. The molecule has 1 fully saturated rings. The first-order chi connectivity index (χ1) is 27.0. The van der Waals surface area contributed by atoms with Crippen molar-refractivity contribution in [3.8, 4) is 0 Å². The molecule has 1 heterocycles. The lowest BCUT2D eigenvalue weighted by Gasteiger charge is -2.35. The normalized spacial score (nSPS) is 13.1. The van der Waals surface area contributed by atoms with Gasteiger partial charge in [0.2, 0.25) is 11.8 Å². The fourth-order valence-corrected chi connectivity index (χ4v) is 6.37. The summed E-state index contributed by atoms with van der Waals surface area (Å²) in [6, 6.07) is 31.6. The second-order valence-electron chi connectivity index (χ2n) is 11.6. The number of thiol groups is 1. The highest BCUT2D eigenvalue weighted by Gasteiger charge is 2.36. The standard InChI is InChI=1S/C21H20OS.C10H19NO7S.C7H11NO6/c22-16-17-23-21(18-10-4-1-5-11-18,19-12-6-2-7-13-19)20-14-8-3-9-15-20;1-16-10(15)18-6-7(5-17-2-3-19)9(14)11-4-8(12)13;9-5(10)1-8-6(11)4-2-13-7(12)14-3-4/h1-15,22H,16-17H2;7-8,12-13,19H,2-6H2,1H3,(H,11,14);4-5,9-10H,1-3H2,(H,8,11). The second kappa shape index (κ2) is 27.2. The summed E-state index contributed by atoms with van der Waals surface area (Å²) in [5.74, 6) is -1.15. The molecular weight excluding hydrogens is 773 g/mol. The lowest BCUT2D eigenvalue weighted by Crippen LogP contribution is -2.42. The molecule has 1 aliphatic rings. The van der Waals surface area contributed by atoms with Crippen LogP contribution in [0.15, 0.2) is 91.0 Å². The zero-order valence-corrected chi connectivity index (χ0v) is 32.5. The molecular formula is C38H50N2O14S2. The summed E-state index contributed by atoms with van der Waals surface area (Å²) in [4.78, 5) is 44.1. The number of aliphatic hydroxyl groups excluding tert-OH is 3. The van der Waals surface area contributed by atoms with Crippen molar-refractivity contribution in [1.29, 1.82) is 0 Å². The number of hydrogen-bond acceptors (Lipinski definition) is 16. The fraction of sp³-hybridized carbons (Fsp3) is 0.421. The van der Waals surface area contributed by atoms with Crippen LogP contribution in [0, 0.1) is 11.8 Å². The van der Waals surface area contributed by atoms with Gasteiger partial charge in [0.25, 0.3) is 0 Å². The molecule has 4 rings (SSSR count). The number of hydrogen-bond donors (Lipinski definition) is 8. The van der Waals surface area contributed by atoms with E-state index in [1.807, 2.05) is 18.2 Å². The zero-order chi connectivity index (χ0) is 41.2. The van der Waals surface area contributed by atoms with E-state index < -0.39 is 48.5 Å². The van der Waals surface area contributed by atoms with Crippen LogP contribution in [0.25, 0.3) is 0 Å². The highest BCUT2D eigenvalue weighted by atomic mass is 32.2. The number of aliphatic hydroxyl groups is 5. The molecule has 3 aromatic rings. The van der Waals surface area contributed by atoms with Gasteiger partial charge in [-0.2, -0.15) is 12.6 Å². The maximum Gasteiger partial charge on any atom is 0.508 e. The maximum atomic E-state index is 11.7. The van der Waals surface area contributed by atoms with Crippen LogP contribution in [0.5, 0.6) is 0 Å². The Morgan fingerprint density at radius 2 is 1.30 bits per heavy atom. The number of carbonyl (C=O) groups is 4. The summed E-state index contributed by atoms with van der Waals surface area (Å²) in [6.07, 6.45) is -4.94. The molecule has 2 amide bonds. The van der Waals surface area contributed by atoms with Crippen LogP contribution < -0.4 is 10.6 Å². The van der Waals surface area contributed by atoms with Gasteiger partial charge in [-0.05, 0) is 16.7 Å². The molecule has 0 spiro atoms. The topological polar surface area (TPSA) is 240 Å². The highest BCUT2D eigenvalue weighted by Crippen LogP contribution is 2.48. The minimum Gasteiger partial charge on any atom is -0.438 e. The third-order valence-corrected chi connectivity index (χ3v) is 9.25. The number of methoxy groups -OCH3 is 1. The predicted molar refractivity (Wildman–Crippen MR) is 209 cm³/mol. The minimum atomic E-state index is -1.65. The number of nitrogens with one attached hydrogen (secondary N) is 2. The smallest absolute Gasteiger partial charge is 0.438 e. The summed E-state index contributed by atoms with van der Waals surface area (Å²) in [7, 11) is 1.15. The largest absolute Gasteiger partial charge is 0.508 e. The molecule has 0 bridgehead atoms. The first-order valence-electron chi connectivity index (χ1n) is 17.4. The Balaban J connectivity index is 0.000000300. The predicted octanol–water partition coefficient (Wildman–Crippen LogP) is 1.66. The van der Waals surface area contributed by atoms with Crippen molar-refractivity contribution >= 4 is 48.5 Å². The second-order valence-corrected chi connectivity index (χ2v) is 13.4. The van der Waals surface area contributed by atoms with E-state index in [1.54, 1.807) is 11.8 Å². The van der Waals surface area contributed by atoms with Crippen LogP contribution >= 0.6 is 24.4 Å². The van der Waals surface area contributed by atoms with Crippen molar-refractivity contribution in [1.82, 2.24) is 10.6 Å².